The van der Waals surface area contributed by atoms with Crippen molar-refractivity contribution in [2.24, 2.45) is 0 Å². The van der Waals surface area contributed by atoms with Gasteiger partial charge in [-0.3, -0.25) is 9.59 Å². The molecule has 0 fully saturated rings. The minimum Gasteiger partial charge on any atom is -0.450 e. The van der Waals surface area contributed by atoms with Gasteiger partial charge in [0.15, 0.2) is 23.6 Å². The summed E-state index contributed by atoms with van der Waals surface area (Å²) in [5.41, 5.74) is 0. The highest BCUT2D eigenvalue weighted by atomic mass is 16.4. The van der Waals surface area contributed by atoms with E-state index in [0.29, 0.717) is 18.5 Å². The van der Waals surface area contributed by atoms with Gasteiger partial charge in [-0.15, -0.1) is 0 Å². The van der Waals surface area contributed by atoms with Gasteiger partial charge in [-0.2, -0.15) is 0 Å². The molecule has 0 aromatic carbocycles. The number of carbonyl (C=O) groups excluding carboxylic acids is 2. The highest BCUT2D eigenvalue weighted by Gasteiger charge is 2.10. The van der Waals surface area contributed by atoms with E-state index in [2.05, 4.69) is 67.7 Å². The molecule has 0 amide bonds. The van der Waals surface area contributed by atoms with Gasteiger partial charge < -0.3 is 4.42 Å². The maximum atomic E-state index is 12.0. The minimum absolute atomic E-state index is 0.0125. The average molecular weight is 451 g/mol. The highest BCUT2D eigenvalue weighted by molar-refractivity contribution is 5.94. The van der Waals surface area contributed by atoms with E-state index in [1.54, 1.807) is 6.07 Å². The Labute approximate surface area is 201 Å². The SMILES string of the molecule is CC/C=C\C/C=C\C/C=C\C/C=C\C/C=C\CCCCCCCCC(=O)c1ccc(C=O)o1. The summed E-state index contributed by atoms with van der Waals surface area (Å²) in [6.07, 6.45) is 36.5. The number of allylic oxidation sites excluding steroid dienone is 10. The van der Waals surface area contributed by atoms with Crippen LogP contribution in [0.4, 0.5) is 0 Å². The van der Waals surface area contributed by atoms with E-state index in [-0.39, 0.29) is 11.5 Å². The molecule has 0 atom stereocenters. The van der Waals surface area contributed by atoms with Gasteiger partial charge in [0, 0.05) is 6.42 Å². The summed E-state index contributed by atoms with van der Waals surface area (Å²) in [5, 5.41) is 0. The van der Waals surface area contributed by atoms with Crippen molar-refractivity contribution in [1.82, 2.24) is 0 Å². The van der Waals surface area contributed by atoms with Crippen molar-refractivity contribution in [3.8, 4) is 0 Å². The maximum Gasteiger partial charge on any atom is 0.198 e. The fraction of sp³-hybridized carbons (Fsp3) is 0.467. The molecule has 33 heavy (non-hydrogen) atoms. The monoisotopic (exact) mass is 450 g/mol. The highest BCUT2D eigenvalue weighted by Crippen LogP contribution is 2.13. The molecule has 0 N–H and O–H groups in total. The lowest BCUT2D eigenvalue weighted by Crippen LogP contribution is -1.96. The number of carbonyl (C=O) groups is 2. The fourth-order valence-corrected chi connectivity index (χ4v) is 3.31. The Kier molecular flexibility index (Phi) is 18.2. The number of hydrogen-bond donors (Lipinski definition) is 0. The van der Waals surface area contributed by atoms with Crippen molar-refractivity contribution in [3.63, 3.8) is 0 Å². The van der Waals surface area contributed by atoms with E-state index in [1.165, 1.54) is 25.3 Å². The predicted molar refractivity (Wildman–Crippen MR) is 140 cm³/mol. The lowest BCUT2D eigenvalue weighted by molar-refractivity contribution is 0.0949. The predicted octanol–water partition coefficient (Wildman–Crippen LogP) is 9.15. The van der Waals surface area contributed by atoms with E-state index in [4.69, 9.17) is 4.42 Å². The standard InChI is InChI=1S/C30H42O3/c1-2-3-4-5-6-7-8-9-10-11-12-13-14-15-16-17-18-19-20-21-22-23-24-29(32)30-26-25-28(27-31)33-30/h3-4,6-7,9-10,12-13,15-16,25-27H,2,5,8,11,14,17-24H2,1H3/b4-3-,7-6-,10-9-,13-12-,16-15-. The smallest absolute Gasteiger partial charge is 0.198 e. The zero-order valence-electron chi connectivity index (χ0n) is 20.4. The van der Waals surface area contributed by atoms with Crippen LogP contribution in [-0.4, -0.2) is 12.1 Å². The quantitative estimate of drug-likeness (QED) is 0.0861. The van der Waals surface area contributed by atoms with Gasteiger partial charge in [-0.25, -0.2) is 0 Å². The third-order valence-corrected chi connectivity index (χ3v) is 5.20. The van der Waals surface area contributed by atoms with Gasteiger partial charge in [-0.05, 0) is 63.5 Å². The molecule has 0 aliphatic heterocycles. The van der Waals surface area contributed by atoms with Crippen LogP contribution < -0.4 is 0 Å². The number of Topliss-reactive ketones (excluding diaryl/α,β-unsaturated/α-hetero) is 1. The Morgan fingerprint density at radius 3 is 1.76 bits per heavy atom. The van der Waals surface area contributed by atoms with E-state index in [9.17, 15) is 9.59 Å². The molecule has 0 spiro atoms. The van der Waals surface area contributed by atoms with Crippen LogP contribution in [0.3, 0.4) is 0 Å². The maximum absolute atomic E-state index is 12.0. The van der Waals surface area contributed by atoms with Crippen molar-refractivity contribution in [1.29, 1.82) is 0 Å². The summed E-state index contributed by atoms with van der Waals surface area (Å²) in [6.45, 7) is 2.16. The van der Waals surface area contributed by atoms with E-state index in [0.717, 1.165) is 57.8 Å². The van der Waals surface area contributed by atoms with E-state index < -0.39 is 0 Å². The zero-order valence-corrected chi connectivity index (χ0v) is 20.4. The molecule has 0 aliphatic carbocycles. The molecule has 1 rings (SSSR count). The second-order valence-corrected chi connectivity index (χ2v) is 8.11. The number of ketones is 1. The molecule has 1 aromatic heterocycles. The third-order valence-electron chi connectivity index (χ3n) is 5.20. The van der Waals surface area contributed by atoms with E-state index in [1.807, 2.05) is 0 Å². The Morgan fingerprint density at radius 1 is 0.697 bits per heavy atom. The van der Waals surface area contributed by atoms with Crippen molar-refractivity contribution >= 4 is 12.1 Å². The molecule has 0 saturated heterocycles. The van der Waals surface area contributed by atoms with Gasteiger partial charge in [-0.1, -0.05) is 93.4 Å². The lowest BCUT2D eigenvalue weighted by Gasteiger charge is -2.00. The summed E-state index contributed by atoms with van der Waals surface area (Å²) >= 11 is 0. The van der Waals surface area contributed by atoms with Gasteiger partial charge >= 0.3 is 0 Å². The molecule has 3 nitrogen and oxygen atoms in total. The van der Waals surface area contributed by atoms with Crippen LogP contribution in [0, 0.1) is 0 Å². The summed E-state index contributed by atoms with van der Waals surface area (Å²) in [4.78, 5) is 22.5. The number of hydrogen-bond acceptors (Lipinski definition) is 3. The van der Waals surface area contributed by atoms with E-state index >= 15 is 0 Å². The number of furan rings is 1. The Morgan fingerprint density at radius 2 is 1.21 bits per heavy atom. The van der Waals surface area contributed by atoms with Crippen LogP contribution in [-0.2, 0) is 0 Å². The van der Waals surface area contributed by atoms with Gasteiger partial charge in [0.05, 0.1) is 0 Å². The number of unbranched alkanes of at least 4 members (excludes halogenated alkanes) is 6. The Balaban J connectivity index is 1.89. The van der Waals surface area contributed by atoms with Crippen LogP contribution in [0.2, 0.25) is 0 Å². The fourth-order valence-electron chi connectivity index (χ4n) is 3.31. The minimum atomic E-state index is -0.0125. The molecular weight excluding hydrogens is 408 g/mol. The summed E-state index contributed by atoms with van der Waals surface area (Å²) in [6, 6.07) is 3.12. The molecule has 0 saturated carbocycles. The summed E-state index contributed by atoms with van der Waals surface area (Å²) in [5.74, 6) is 0.501. The van der Waals surface area contributed by atoms with Crippen LogP contribution in [0.15, 0.2) is 77.3 Å². The van der Waals surface area contributed by atoms with Crippen LogP contribution in [0.5, 0.6) is 0 Å². The molecular formula is C30H42O3. The lowest BCUT2D eigenvalue weighted by atomic mass is 10.1. The molecule has 0 bridgehead atoms. The van der Waals surface area contributed by atoms with Crippen molar-refractivity contribution in [2.45, 2.75) is 90.4 Å². The van der Waals surface area contributed by atoms with Crippen molar-refractivity contribution in [2.75, 3.05) is 0 Å². The molecule has 0 radical (unpaired) electrons. The van der Waals surface area contributed by atoms with Gasteiger partial charge in [0.2, 0.25) is 0 Å². The van der Waals surface area contributed by atoms with Crippen molar-refractivity contribution < 1.29 is 14.0 Å². The normalized spacial score (nSPS) is 12.4. The zero-order chi connectivity index (χ0) is 23.8. The molecule has 0 unspecified atom stereocenters. The Bertz CT molecular complexity index is 774. The second kappa shape index (κ2) is 21.2. The first kappa shape index (κ1) is 28.4. The first-order valence-corrected chi connectivity index (χ1v) is 12.6. The van der Waals surface area contributed by atoms with Gasteiger partial charge in [0.1, 0.15) is 0 Å². The van der Waals surface area contributed by atoms with Crippen LogP contribution >= 0.6 is 0 Å². The second-order valence-electron chi connectivity index (χ2n) is 8.11. The Hall–Kier alpha value is -2.68. The average Bonchev–Trinajstić information content (AvgIpc) is 3.32. The number of rotatable bonds is 20. The summed E-state index contributed by atoms with van der Waals surface area (Å²) in [7, 11) is 0. The molecule has 1 heterocycles. The molecule has 1 aromatic rings. The number of aldehydes is 1. The third kappa shape index (κ3) is 16.6. The first-order valence-electron chi connectivity index (χ1n) is 12.6. The van der Waals surface area contributed by atoms with Crippen molar-refractivity contribution in [3.05, 3.63) is 84.4 Å². The summed E-state index contributed by atoms with van der Waals surface area (Å²) < 4.78 is 5.16. The van der Waals surface area contributed by atoms with Gasteiger partial charge in [0.25, 0.3) is 0 Å². The topological polar surface area (TPSA) is 47.3 Å². The molecule has 180 valence electrons. The molecule has 3 heteroatoms. The van der Waals surface area contributed by atoms with Crippen LogP contribution in [0.1, 0.15) is 112 Å². The molecule has 0 aliphatic rings. The van der Waals surface area contributed by atoms with Crippen LogP contribution in [0.25, 0.3) is 0 Å². The first-order chi connectivity index (χ1) is 16.3. The largest absolute Gasteiger partial charge is 0.450 e.